The van der Waals surface area contributed by atoms with Gasteiger partial charge >= 0.3 is 0 Å². The van der Waals surface area contributed by atoms with E-state index >= 15 is 0 Å². The smallest absolute Gasteiger partial charge is 0.269 e. The number of rotatable bonds is 3. The third kappa shape index (κ3) is 3.47. The molecule has 154 valence electrons. The summed E-state index contributed by atoms with van der Waals surface area (Å²) >= 11 is 0. The number of carbonyl (C=O) groups is 2. The second-order valence-corrected chi connectivity index (χ2v) is 7.64. The average Bonchev–Trinajstić information content (AvgIpc) is 3.22. The molecular weight excluding hydrogens is 388 g/mol. The molecule has 2 unspecified atom stereocenters. The molecule has 0 spiro atoms. The Morgan fingerprint density at radius 3 is 2.45 bits per heavy atom. The lowest BCUT2D eigenvalue weighted by atomic mass is 9.97. The fraction of sp³-hybridized carbons (Fsp3) is 0.120. The molecule has 4 aromatic rings. The van der Waals surface area contributed by atoms with E-state index in [1.54, 1.807) is 18.0 Å². The molecule has 0 bridgehead atoms. The number of hydrogen-bond acceptors (Lipinski definition) is 3. The topological polar surface area (TPSA) is 77.2 Å². The maximum Gasteiger partial charge on any atom is 0.269 e. The number of fused-ring (bicyclic) bond motifs is 2. The fourth-order valence-corrected chi connectivity index (χ4v) is 4.11. The number of anilines is 1. The van der Waals surface area contributed by atoms with Crippen molar-refractivity contribution >= 4 is 28.4 Å². The minimum atomic E-state index is -0.887. The SMILES string of the molecule is CN1C(=O)C(NC(=O)c2cc3ccccc3[nH]2)NC(c2ccccc2)c2ccccc21. The Morgan fingerprint density at radius 1 is 0.935 bits per heavy atom. The zero-order valence-corrected chi connectivity index (χ0v) is 17.0. The van der Waals surface area contributed by atoms with Gasteiger partial charge in [0.1, 0.15) is 5.69 Å². The summed E-state index contributed by atoms with van der Waals surface area (Å²) in [6.07, 6.45) is -0.887. The van der Waals surface area contributed by atoms with Crippen molar-refractivity contribution < 1.29 is 9.59 Å². The molecule has 2 atom stereocenters. The van der Waals surface area contributed by atoms with Crippen LogP contribution in [0.2, 0.25) is 0 Å². The van der Waals surface area contributed by atoms with Crippen LogP contribution < -0.4 is 15.5 Å². The van der Waals surface area contributed by atoms with E-state index in [-0.39, 0.29) is 17.9 Å². The van der Waals surface area contributed by atoms with Crippen LogP contribution in [0.1, 0.15) is 27.7 Å². The normalized spacial score (nSPS) is 18.5. The number of likely N-dealkylation sites (N-methyl/N-ethyl adjacent to an activating group) is 1. The molecule has 3 aromatic carbocycles. The van der Waals surface area contributed by atoms with Gasteiger partial charge in [0.2, 0.25) is 0 Å². The molecule has 1 aromatic heterocycles. The van der Waals surface area contributed by atoms with E-state index in [9.17, 15) is 9.59 Å². The van der Waals surface area contributed by atoms with Gasteiger partial charge in [0.25, 0.3) is 11.8 Å². The first-order valence-corrected chi connectivity index (χ1v) is 10.2. The minimum Gasteiger partial charge on any atom is -0.351 e. The molecule has 0 fully saturated rings. The van der Waals surface area contributed by atoms with Crippen LogP contribution in [0.5, 0.6) is 0 Å². The quantitative estimate of drug-likeness (QED) is 0.483. The number of nitrogens with zero attached hydrogens (tertiary/aromatic N) is 1. The van der Waals surface area contributed by atoms with Gasteiger partial charge in [0.15, 0.2) is 6.17 Å². The largest absolute Gasteiger partial charge is 0.351 e. The first kappa shape index (κ1) is 19.1. The molecule has 1 aliphatic heterocycles. The van der Waals surface area contributed by atoms with Crippen molar-refractivity contribution in [2.75, 3.05) is 11.9 Å². The van der Waals surface area contributed by atoms with E-state index in [1.165, 1.54) is 0 Å². The molecular formula is C25H22N4O2. The highest BCUT2D eigenvalue weighted by atomic mass is 16.2. The molecule has 2 heterocycles. The summed E-state index contributed by atoms with van der Waals surface area (Å²) in [5.41, 5.74) is 4.10. The summed E-state index contributed by atoms with van der Waals surface area (Å²) in [6.45, 7) is 0. The molecule has 0 radical (unpaired) electrons. The Balaban J connectivity index is 1.50. The van der Waals surface area contributed by atoms with E-state index in [2.05, 4.69) is 15.6 Å². The Hall–Kier alpha value is -3.90. The van der Waals surface area contributed by atoms with Crippen LogP contribution in [-0.4, -0.2) is 30.0 Å². The van der Waals surface area contributed by atoms with Crippen molar-refractivity contribution in [1.82, 2.24) is 15.6 Å². The summed E-state index contributed by atoms with van der Waals surface area (Å²) in [7, 11) is 1.73. The summed E-state index contributed by atoms with van der Waals surface area (Å²) < 4.78 is 0. The second kappa shape index (κ2) is 7.74. The minimum absolute atomic E-state index is 0.227. The van der Waals surface area contributed by atoms with Crippen LogP contribution in [0.25, 0.3) is 10.9 Å². The Kier molecular flexibility index (Phi) is 4.76. The van der Waals surface area contributed by atoms with E-state index < -0.39 is 6.17 Å². The Morgan fingerprint density at radius 2 is 1.65 bits per heavy atom. The predicted molar refractivity (Wildman–Crippen MR) is 121 cm³/mol. The van der Waals surface area contributed by atoms with Gasteiger partial charge in [-0.1, -0.05) is 66.7 Å². The van der Waals surface area contributed by atoms with Gasteiger partial charge in [-0.05, 0) is 29.3 Å². The van der Waals surface area contributed by atoms with Crippen molar-refractivity contribution in [3.05, 3.63) is 102 Å². The lowest BCUT2D eigenvalue weighted by Crippen LogP contribution is -2.54. The number of nitrogens with one attached hydrogen (secondary N) is 3. The summed E-state index contributed by atoms with van der Waals surface area (Å²) in [6, 6.07) is 26.9. The summed E-state index contributed by atoms with van der Waals surface area (Å²) in [4.78, 5) is 31.0. The fourth-order valence-electron chi connectivity index (χ4n) is 4.11. The van der Waals surface area contributed by atoms with Crippen LogP contribution in [0.15, 0.2) is 84.9 Å². The lowest BCUT2D eigenvalue weighted by molar-refractivity contribution is -0.120. The molecule has 5 rings (SSSR count). The number of amides is 2. The number of aromatic nitrogens is 1. The lowest BCUT2D eigenvalue weighted by Gasteiger charge is -2.23. The maximum atomic E-state index is 13.3. The predicted octanol–water partition coefficient (Wildman–Crippen LogP) is 3.58. The van der Waals surface area contributed by atoms with Crippen molar-refractivity contribution in [3.63, 3.8) is 0 Å². The van der Waals surface area contributed by atoms with E-state index in [4.69, 9.17) is 0 Å². The highest BCUT2D eigenvalue weighted by Gasteiger charge is 2.34. The average molecular weight is 410 g/mol. The van der Waals surface area contributed by atoms with Crippen molar-refractivity contribution in [3.8, 4) is 0 Å². The van der Waals surface area contributed by atoms with Gasteiger partial charge in [0.05, 0.1) is 6.04 Å². The Labute approximate surface area is 179 Å². The molecule has 6 nitrogen and oxygen atoms in total. The van der Waals surface area contributed by atoms with Gasteiger partial charge < -0.3 is 15.2 Å². The van der Waals surface area contributed by atoms with E-state index in [0.29, 0.717) is 5.69 Å². The van der Waals surface area contributed by atoms with E-state index in [0.717, 1.165) is 27.7 Å². The molecule has 6 heteroatoms. The summed E-state index contributed by atoms with van der Waals surface area (Å²) in [5.74, 6) is -0.566. The van der Waals surface area contributed by atoms with Gasteiger partial charge in [-0.3, -0.25) is 14.9 Å². The zero-order valence-electron chi connectivity index (χ0n) is 17.0. The number of para-hydroxylation sites is 2. The summed E-state index contributed by atoms with van der Waals surface area (Å²) in [5, 5.41) is 7.19. The van der Waals surface area contributed by atoms with Gasteiger partial charge in [-0.25, -0.2) is 0 Å². The standard InChI is InChI=1S/C25H22N4O2/c1-29-21-14-8-6-12-18(21)22(16-9-3-2-4-10-16)27-23(25(29)31)28-24(30)20-15-17-11-5-7-13-19(17)26-20/h2-15,22-23,26-27H,1H3,(H,28,30). The number of aromatic amines is 1. The molecule has 2 amide bonds. The molecule has 0 saturated carbocycles. The number of benzene rings is 3. The monoisotopic (exact) mass is 410 g/mol. The molecule has 0 saturated heterocycles. The second-order valence-electron chi connectivity index (χ2n) is 7.64. The third-order valence-corrected chi connectivity index (χ3v) is 5.70. The highest BCUT2D eigenvalue weighted by Crippen LogP contribution is 2.33. The zero-order chi connectivity index (χ0) is 21.4. The van der Waals surface area contributed by atoms with Crippen molar-refractivity contribution in [2.45, 2.75) is 12.2 Å². The molecule has 3 N–H and O–H groups in total. The number of hydrogen-bond donors (Lipinski definition) is 3. The highest BCUT2D eigenvalue weighted by molar-refractivity contribution is 6.03. The third-order valence-electron chi connectivity index (χ3n) is 5.70. The van der Waals surface area contributed by atoms with E-state index in [1.807, 2.05) is 78.9 Å². The molecule has 31 heavy (non-hydrogen) atoms. The molecule has 1 aliphatic rings. The van der Waals surface area contributed by atoms with Gasteiger partial charge in [0, 0.05) is 23.6 Å². The van der Waals surface area contributed by atoms with Crippen LogP contribution in [0, 0.1) is 0 Å². The van der Waals surface area contributed by atoms with Crippen LogP contribution in [0.4, 0.5) is 5.69 Å². The van der Waals surface area contributed by atoms with Gasteiger partial charge in [-0.2, -0.15) is 0 Å². The van der Waals surface area contributed by atoms with Crippen LogP contribution >= 0.6 is 0 Å². The first-order valence-electron chi connectivity index (χ1n) is 10.2. The first-order chi connectivity index (χ1) is 15.1. The van der Waals surface area contributed by atoms with Crippen molar-refractivity contribution in [2.24, 2.45) is 0 Å². The maximum absolute atomic E-state index is 13.3. The Bertz CT molecular complexity index is 1230. The number of carbonyl (C=O) groups excluding carboxylic acids is 2. The number of H-pyrrole nitrogens is 1. The van der Waals surface area contributed by atoms with Crippen LogP contribution in [0.3, 0.4) is 0 Å². The van der Waals surface area contributed by atoms with Gasteiger partial charge in [-0.15, -0.1) is 0 Å². The van der Waals surface area contributed by atoms with Crippen molar-refractivity contribution in [1.29, 1.82) is 0 Å². The van der Waals surface area contributed by atoms with Crippen LogP contribution in [-0.2, 0) is 4.79 Å². The molecule has 0 aliphatic carbocycles.